The molecule has 3 nitrogen and oxygen atoms in total. The quantitative estimate of drug-likeness (QED) is 0.864. The summed E-state index contributed by atoms with van der Waals surface area (Å²) in [5.41, 5.74) is 3.43. The van der Waals surface area contributed by atoms with Gasteiger partial charge in [0.1, 0.15) is 0 Å². The molecular weight excluding hydrogens is 236 g/mol. The smallest absolute Gasteiger partial charge is 0.0751 e. The topological polar surface area (TPSA) is 45.1 Å². The summed E-state index contributed by atoms with van der Waals surface area (Å²) >= 11 is 0. The van der Waals surface area contributed by atoms with Gasteiger partial charge in [0.05, 0.1) is 5.52 Å². The summed E-state index contributed by atoms with van der Waals surface area (Å²) in [6.45, 7) is 7.45. The van der Waals surface area contributed by atoms with Gasteiger partial charge in [0.15, 0.2) is 0 Å². The molecule has 2 aromatic rings. The van der Waals surface area contributed by atoms with Crippen LogP contribution in [0, 0.1) is 12.3 Å². The first-order chi connectivity index (χ1) is 9.03. The van der Waals surface area contributed by atoms with Crippen LogP contribution in [0.15, 0.2) is 30.5 Å². The van der Waals surface area contributed by atoms with Gasteiger partial charge in [-0.15, -0.1) is 0 Å². The van der Waals surface area contributed by atoms with Gasteiger partial charge >= 0.3 is 0 Å². The molecule has 0 saturated carbocycles. The van der Waals surface area contributed by atoms with E-state index in [0.717, 1.165) is 29.6 Å². The molecule has 102 valence electrons. The van der Waals surface area contributed by atoms with E-state index in [1.807, 2.05) is 12.3 Å². The number of rotatable bonds is 5. The van der Waals surface area contributed by atoms with E-state index >= 15 is 0 Å². The number of aromatic nitrogens is 1. The molecule has 1 heterocycles. The molecule has 0 spiro atoms. The predicted octanol–water partition coefficient (Wildman–Crippen LogP) is 3.36. The van der Waals surface area contributed by atoms with Crippen molar-refractivity contribution >= 4 is 16.6 Å². The monoisotopic (exact) mass is 258 g/mol. The molecule has 19 heavy (non-hydrogen) atoms. The van der Waals surface area contributed by atoms with Gasteiger partial charge in [0, 0.05) is 30.4 Å². The Labute approximate surface area is 114 Å². The van der Waals surface area contributed by atoms with Gasteiger partial charge in [-0.25, -0.2) is 0 Å². The summed E-state index contributed by atoms with van der Waals surface area (Å²) < 4.78 is 0. The molecule has 0 bridgehead atoms. The molecule has 0 fully saturated rings. The highest BCUT2D eigenvalue weighted by Crippen LogP contribution is 2.26. The van der Waals surface area contributed by atoms with Crippen molar-refractivity contribution in [2.45, 2.75) is 27.2 Å². The van der Waals surface area contributed by atoms with Gasteiger partial charge in [-0.1, -0.05) is 32.0 Å². The van der Waals surface area contributed by atoms with Crippen molar-refractivity contribution in [2.24, 2.45) is 5.41 Å². The average Bonchev–Trinajstić information content (AvgIpc) is 2.37. The first-order valence-corrected chi connectivity index (χ1v) is 6.72. The highest BCUT2D eigenvalue weighted by atomic mass is 16.3. The largest absolute Gasteiger partial charge is 0.396 e. The van der Waals surface area contributed by atoms with Crippen molar-refractivity contribution in [1.82, 2.24) is 4.98 Å². The van der Waals surface area contributed by atoms with Gasteiger partial charge in [-0.05, 0) is 30.4 Å². The van der Waals surface area contributed by atoms with E-state index in [4.69, 9.17) is 5.11 Å². The SMILES string of the molecule is Cc1cccc2c(NCC(C)(C)CCO)ccnc12. The minimum absolute atomic E-state index is 0.0775. The number of fused-ring (bicyclic) bond motifs is 1. The Morgan fingerprint density at radius 1 is 1.26 bits per heavy atom. The van der Waals surface area contributed by atoms with Crippen molar-refractivity contribution in [3.63, 3.8) is 0 Å². The highest BCUT2D eigenvalue weighted by molar-refractivity contribution is 5.92. The van der Waals surface area contributed by atoms with Crippen LogP contribution in [0.25, 0.3) is 10.9 Å². The van der Waals surface area contributed by atoms with Crippen molar-refractivity contribution in [3.8, 4) is 0 Å². The molecule has 0 unspecified atom stereocenters. The maximum absolute atomic E-state index is 9.07. The fraction of sp³-hybridized carbons (Fsp3) is 0.438. The Morgan fingerprint density at radius 3 is 2.79 bits per heavy atom. The standard InChI is InChI=1S/C16H22N2O/c1-12-5-4-6-13-14(7-9-17-15(12)13)18-11-16(2,3)8-10-19/h4-7,9,19H,8,10-11H2,1-3H3,(H,17,18). The number of nitrogens with zero attached hydrogens (tertiary/aromatic N) is 1. The number of pyridine rings is 1. The third-order valence-electron chi connectivity index (χ3n) is 3.52. The molecule has 0 aliphatic carbocycles. The summed E-state index contributed by atoms with van der Waals surface area (Å²) in [6, 6.07) is 8.24. The van der Waals surface area contributed by atoms with E-state index in [1.54, 1.807) is 0 Å². The maximum Gasteiger partial charge on any atom is 0.0751 e. The molecular formula is C16H22N2O. The molecule has 2 rings (SSSR count). The molecule has 0 amide bonds. The Kier molecular flexibility index (Phi) is 4.05. The summed E-state index contributed by atoms with van der Waals surface area (Å²) in [5, 5.41) is 13.7. The van der Waals surface area contributed by atoms with Crippen LogP contribution in [0.1, 0.15) is 25.8 Å². The minimum atomic E-state index is 0.0775. The summed E-state index contributed by atoms with van der Waals surface area (Å²) in [4.78, 5) is 4.44. The summed E-state index contributed by atoms with van der Waals surface area (Å²) in [6.07, 6.45) is 2.64. The number of para-hydroxylation sites is 1. The van der Waals surface area contributed by atoms with Crippen LogP contribution in [0.4, 0.5) is 5.69 Å². The van der Waals surface area contributed by atoms with Crippen LogP contribution in [-0.2, 0) is 0 Å². The molecule has 0 aliphatic rings. The van der Waals surface area contributed by atoms with Gasteiger partial charge in [0.25, 0.3) is 0 Å². The fourth-order valence-corrected chi connectivity index (χ4v) is 2.20. The van der Waals surface area contributed by atoms with Crippen molar-refractivity contribution < 1.29 is 5.11 Å². The Balaban J connectivity index is 2.24. The van der Waals surface area contributed by atoms with Crippen LogP contribution in [-0.4, -0.2) is 23.2 Å². The lowest BCUT2D eigenvalue weighted by Crippen LogP contribution is -2.24. The van der Waals surface area contributed by atoms with Crippen LogP contribution in [0.5, 0.6) is 0 Å². The Bertz CT molecular complexity index is 564. The second-order valence-electron chi connectivity index (χ2n) is 5.82. The van der Waals surface area contributed by atoms with Crippen LogP contribution < -0.4 is 5.32 Å². The zero-order valence-corrected chi connectivity index (χ0v) is 11.9. The number of anilines is 1. The van der Waals surface area contributed by atoms with E-state index < -0.39 is 0 Å². The lowest BCUT2D eigenvalue weighted by Gasteiger charge is -2.25. The molecule has 0 atom stereocenters. The van der Waals surface area contributed by atoms with E-state index in [0.29, 0.717) is 0 Å². The first kappa shape index (κ1) is 13.8. The number of aryl methyl sites for hydroxylation is 1. The number of hydrogen-bond acceptors (Lipinski definition) is 3. The number of benzene rings is 1. The first-order valence-electron chi connectivity index (χ1n) is 6.72. The molecule has 1 aromatic heterocycles. The number of aliphatic hydroxyl groups is 1. The van der Waals surface area contributed by atoms with Gasteiger partial charge in [0.2, 0.25) is 0 Å². The maximum atomic E-state index is 9.07. The second-order valence-corrected chi connectivity index (χ2v) is 5.82. The molecule has 0 aliphatic heterocycles. The third kappa shape index (κ3) is 3.24. The van der Waals surface area contributed by atoms with Gasteiger partial charge in [-0.2, -0.15) is 0 Å². The van der Waals surface area contributed by atoms with Crippen molar-refractivity contribution in [1.29, 1.82) is 0 Å². The van der Waals surface area contributed by atoms with E-state index in [-0.39, 0.29) is 12.0 Å². The lowest BCUT2D eigenvalue weighted by atomic mass is 9.89. The third-order valence-corrected chi connectivity index (χ3v) is 3.52. The second kappa shape index (κ2) is 5.57. The number of hydrogen-bond donors (Lipinski definition) is 2. The van der Waals surface area contributed by atoms with Crippen LogP contribution in [0.2, 0.25) is 0 Å². The molecule has 3 heteroatoms. The lowest BCUT2D eigenvalue weighted by molar-refractivity contribution is 0.220. The minimum Gasteiger partial charge on any atom is -0.396 e. The van der Waals surface area contributed by atoms with Gasteiger partial charge in [-0.3, -0.25) is 4.98 Å². The molecule has 2 N–H and O–H groups in total. The highest BCUT2D eigenvalue weighted by Gasteiger charge is 2.17. The zero-order valence-electron chi connectivity index (χ0n) is 11.9. The summed E-state index contributed by atoms with van der Waals surface area (Å²) in [5.74, 6) is 0. The van der Waals surface area contributed by atoms with E-state index in [2.05, 4.69) is 49.3 Å². The number of aliphatic hydroxyl groups excluding tert-OH is 1. The average molecular weight is 258 g/mol. The fourth-order valence-electron chi connectivity index (χ4n) is 2.20. The Morgan fingerprint density at radius 2 is 2.05 bits per heavy atom. The van der Waals surface area contributed by atoms with Gasteiger partial charge < -0.3 is 10.4 Å². The normalized spacial score (nSPS) is 11.8. The zero-order chi connectivity index (χ0) is 13.9. The van der Waals surface area contributed by atoms with Crippen LogP contribution >= 0.6 is 0 Å². The van der Waals surface area contributed by atoms with E-state index in [1.165, 1.54) is 5.56 Å². The Hall–Kier alpha value is -1.61. The molecule has 1 aromatic carbocycles. The summed E-state index contributed by atoms with van der Waals surface area (Å²) in [7, 11) is 0. The predicted molar refractivity (Wildman–Crippen MR) is 80.5 cm³/mol. The molecule has 0 radical (unpaired) electrons. The van der Waals surface area contributed by atoms with Crippen molar-refractivity contribution in [2.75, 3.05) is 18.5 Å². The van der Waals surface area contributed by atoms with Crippen LogP contribution in [0.3, 0.4) is 0 Å². The molecule has 0 saturated heterocycles. The van der Waals surface area contributed by atoms with E-state index in [9.17, 15) is 0 Å². The van der Waals surface area contributed by atoms with Crippen molar-refractivity contribution in [3.05, 3.63) is 36.0 Å². The number of nitrogens with one attached hydrogen (secondary N) is 1.